The largest absolute Gasteiger partial charge is 0.454 e. The molecular weight excluding hydrogens is 204 g/mol. The molecule has 0 saturated heterocycles. The van der Waals surface area contributed by atoms with Gasteiger partial charge in [0.15, 0.2) is 11.5 Å². The Bertz CT molecular complexity index is 581. The summed E-state index contributed by atoms with van der Waals surface area (Å²) in [6, 6.07) is 7.79. The van der Waals surface area contributed by atoms with Gasteiger partial charge < -0.3 is 14.5 Å². The lowest BCUT2D eigenvalue weighted by Gasteiger charge is -2.01. The lowest BCUT2D eigenvalue weighted by Crippen LogP contribution is -1.92. The predicted molar refractivity (Wildman–Crippen MR) is 57.1 cm³/mol. The van der Waals surface area contributed by atoms with E-state index in [-0.39, 0.29) is 6.79 Å². The summed E-state index contributed by atoms with van der Waals surface area (Å²) in [5.74, 6) is 1.47. The van der Waals surface area contributed by atoms with Gasteiger partial charge in [-0.2, -0.15) is 5.26 Å². The van der Waals surface area contributed by atoms with Crippen LogP contribution < -0.4 is 9.47 Å². The Kier molecular flexibility index (Phi) is 1.84. The average Bonchev–Trinajstić information content (AvgIpc) is 2.96. The number of nitrogens with one attached hydrogen (secondary N) is 1. The summed E-state index contributed by atoms with van der Waals surface area (Å²) in [6.07, 6.45) is 3.48. The van der Waals surface area contributed by atoms with Crippen molar-refractivity contribution in [2.75, 3.05) is 6.79 Å². The number of aromatic nitrogens is 1. The molecular formula is C12H8N2O2. The van der Waals surface area contributed by atoms with Crippen LogP contribution in [-0.4, -0.2) is 11.8 Å². The predicted octanol–water partition coefficient (Wildman–Crippen LogP) is 2.28. The number of fused-ring (bicyclic) bond motifs is 1. The molecule has 0 saturated carbocycles. The molecule has 0 spiro atoms. The molecule has 1 aliphatic heterocycles. The van der Waals surface area contributed by atoms with Crippen molar-refractivity contribution in [2.45, 2.75) is 0 Å². The second kappa shape index (κ2) is 3.31. The number of ether oxygens (including phenoxy) is 2. The number of hydrogen-bond acceptors (Lipinski definition) is 3. The SMILES string of the molecule is N#Cc1c[nH]cc1-c1ccc2c(c1)OCO2. The van der Waals surface area contributed by atoms with E-state index in [1.165, 1.54) is 0 Å². The molecule has 0 radical (unpaired) electrons. The highest BCUT2D eigenvalue weighted by atomic mass is 16.7. The maximum atomic E-state index is 8.94. The third-order valence-corrected chi connectivity index (χ3v) is 2.55. The van der Waals surface area contributed by atoms with Crippen LogP contribution in [0, 0.1) is 11.3 Å². The number of H-pyrrole nitrogens is 1. The molecule has 1 aromatic carbocycles. The highest BCUT2D eigenvalue weighted by Crippen LogP contribution is 2.36. The Morgan fingerprint density at radius 2 is 2.06 bits per heavy atom. The van der Waals surface area contributed by atoms with Crippen LogP contribution in [0.1, 0.15) is 5.56 Å². The lowest BCUT2D eigenvalue weighted by molar-refractivity contribution is 0.174. The van der Waals surface area contributed by atoms with Crippen molar-refractivity contribution in [1.29, 1.82) is 5.26 Å². The minimum Gasteiger partial charge on any atom is -0.454 e. The van der Waals surface area contributed by atoms with Crippen LogP contribution in [0.3, 0.4) is 0 Å². The standard InChI is InChI=1S/C12H8N2O2/c13-4-9-5-14-6-10(9)8-1-2-11-12(3-8)16-7-15-11/h1-3,5-6,14H,7H2. The summed E-state index contributed by atoms with van der Waals surface area (Å²) in [7, 11) is 0. The molecule has 0 atom stereocenters. The Labute approximate surface area is 92.0 Å². The fourth-order valence-corrected chi connectivity index (χ4v) is 1.76. The normalized spacial score (nSPS) is 12.4. The fourth-order valence-electron chi connectivity index (χ4n) is 1.76. The molecule has 1 aliphatic rings. The zero-order valence-corrected chi connectivity index (χ0v) is 8.36. The van der Waals surface area contributed by atoms with Crippen molar-refractivity contribution in [3.8, 4) is 28.7 Å². The fraction of sp³-hybridized carbons (Fsp3) is 0.0833. The van der Waals surface area contributed by atoms with E-state index >= 15 is 0 Å². The summed E-state index contributed by atoms with van der Waals surface area (Å²) >= 11 is 0. The van der Waals surface area contributed by atoms with Crippen LogP contribution in [0.2, 0.25) is 0 Å². The molecule has 1 aromatic heterocycles. The van der Waals surface area contributed by atoms with E-state index in [0.717, 1.165) is 22.6 Å². The Balaban J connectivity index is 2.11. The van der Waals surface area contributed by atoms with Crippen LogP contribution >= 0.6 is 0 Å². The van der Waals surface area contributed by atoms with Gasteiger partial charge >= 0.3 is 0 Å². The van der Waals surface area contributed by atoms with Crippen molar-refractivity contribution in [2.24, 2.45) is 0 Å². The van der Waals surface area contributed by atoms with E-state index in [9.17, 15) is 0 Å². The number of nitriles is 1. The van der Waals surface area contributed by atoms with Gasteiger partial charge in [0.05, 0.1) is 5.56 Å². The van der Waals surface area contributed by atoms with Crippen molar-refractivity contribution < 1.29 is 9.47 Å². The molecule has 0 aliphatic carbocycles. The zero-order valence-electron chi connectivity index (χ0n) is 8.36. The molecule has 78 valence electrons. The molecule has 16 heavy (non-hydrogen) atoms. The summed E-state index contributed by atoms with van der Waals surface area (Å²) in [4.78, 5) is 2.92. The summed E-state index contributed by atoms with van der Waals surface area (Å²) in [5, 5.41) is 8.94. The first-order valence-corrected chi connectivity index (χ1v) is 4.85. The van der Waals surface area contributed by atoms with E-state index in [2.05, 4.69) is 11.1 Å². The van der Waals surface area contributed by atoms with Gasteiger partial charge in [-0.15, -0.1) is 0 Å². The van der Waals surface area contributed by atoms with Gasteiger partial charge in [0.1, 0.15) is 6.07 Å². The number of aromatic amines is 1. The molecule has 1 N–H and O–H groups in total. The van der Waals surface area contributed by atoms with Gasteiger partial charge in [-0.05, 0) is 17.7 Å². The maximum Gasteiger partial charge on any atom is 0.231 e. The minimum atomic E-state index is 0.261. The molecule has 0 unspecified atom stereocenters. The van der Waals surface area contributed by atoms with Gasteiger partial charge in [-0.1, -0.05) is 6.07 Å². The third-order valence-electron chi connectivity index (χ3n) is 2.55. The van der Waals surface area contributed by atoms with Crippen LogP contribution in [0.4, 0.5) is 0 Å². The number of hydrogen-bond donors (Lipinski definition) is 1. The Morgan fingerprint density at radius 3 is 2.94 bits per heavy atom. The van der Waals surface area contributed by atoms with Gasteiger partial charge in [0.2, 0.25) is 6.79 Å². The van der Waals surface area contributed by atoms with E-state index in [4.69, 9.17) is 14.7 Å². The van der Waals surface area contributed by atoms with Crippen LogP contribution in [0.25, 0.3) is 11.1 Å². The van der Waals surface area contributed by atoms with Crippen molar-refractivity contribution >= 4 is 0 Å². The van der Waals surface area contributed by atoms with E-state index in [1.54, 1.807) is 12.4 Å². The summed E-state index contributed by atoms with van der Waals surface area (Å²) in [5.41, 5.74) is 2.45. The second-order valence-corrected chi connectivity index (χ2v) is 3.46. The number of benzene rings is 1. The van der Waals surface area contributed by atoms with Gasteiger partial charge in [0.25, 0.3) is 0 Å². The Hall–Kier alpha value is -2.41. The first-order valence-electron chi connectivity index (χ1n) is 4.85. The molecule has 4 heteroatoms. The Morgan fingerprint density at radius 1 is 1.19 bits per heavy atom. The van der Waals surface area contributed by atoms with E-state index in [0.29, 0.717) is 5.56 Å². The van der Waals surface area contributed by atoms with Crippen LogP contribution in [0.15, 0.2) is 30.6 Å². The van der Waals surface area contributed by atoms with Crippen molar-refractivity contribution in [3.63, 3.8) is 0 Å². The third kappa shape index (κ3) is 1.22. The number of rotatable bonds is 1. The van der Waals surface area contributed by atoms with E-state index < -0.39 is 0 Å². The van der Waals surface area contributed by atoms with E-state index in [1.807, 2.05) is 18.2 Å². The van der Waals surface area contributed by atoms with Crippen molar-refractivity contribution in [1.82, 2.24) is 4.98 Å². The molecule has 4 nitrogen and oxygen atoms in total. The zero-order chi connectivity index (χ0) is 11.0. The maximum absolute atomic E-state index is 8.94. The van der Waals surface area contributed by atoms with Crippen LogP contribution in [0.5, 0.6) is 11.5 Å². The first kappa shape index (κ1) is 8.86. The van der Waals surface area contributed by atoms with Gasteiger partial charge in [-0.25, -0.2) is 0 Å². The minimum absolute atomic E-state index is 0.261. The lowest BCUT2D eigenvalue weighted by atomic mass is 10.0. The highest BCUT2D eigenvalue weighted by molar-refractivity contribution is 5.72. The molecule has 0 amide bonds. The molecule has 2 aromatic rings. The summed E-state index contributed by atoms with van der Waals surface area (Å²) < 4.78 is 10.5. The average molecular weight is 212 g/mol. The molecule has 2 heterocycles. The van der Waals surface area contributed by atoms with Gasteiger partial charge in [-0.3, -0.25) is 0 Å². The topological polar surface area (TPSA) is 58.0 Å². The smallest absolute Gasteiger partial charge is 0.231 e. The monoisotopic (exact) mass is 212 g/mol. The van der Waals surface area contributed by atoms with Gasteiger partial charge in [0, 0.05) is 18.0 Å². The first-order chi connectivity index (χ1) is 7.88. The quantitative estimate of drug-likeness (QED) is 0.788. The highest BCUT2D eigenvalue weighted by Gasteiger charge is 2.15. The summed E-state index contributed by atoms with van der Waals surface area (Å²) in [6.45, 7) is 0.261. The van der Waals surface area contributed by atoms with Crippen molar-refractivity contribution in [3.05, 3.63) is 36.2 Å². The second-order valence-electron chi connectivity index (χ2n) is 3.46. The number of nitrogens with zero attached hydrogens (tertiary/aromatic N) is 1. The molecule has 3 rings (SSSR count). The molecule has 0 fully saturated rings. The van der Waals surface area contributed by atoms with Crippen LogP contribution in [-0.2, 0) is 0 Å². The molecule has 0 bridgehead atoms.